The summed E-state index contributed by atoms with van der Waals surface area (Å²) in [5.41, 5.74) is 0. The Kier molecular flexibility index (Phi) is 9.59. The number of hydrogen-bond donors (Lipinski definition) is 1. The van der Waals surface area contributed by atoms with Crippen molar-refractivity contribution >= 4 is 57.7 Å². The number of hydrogen-bond acceptors (Lipinski definition) is 2. The van der Waals surface area contributed by atoms with E-state index < -0.39 is 16.1 Å². The molecule has 0 rings (SSSR count). The average Bonchev–Trinajstić information content (AvgIpc) is 1.85. The van der Waals surface area contributed by atoms with Crippen molar-refractivity contribution in [3.63, 3.8) is 0 Å². The van der Waals surface area contributed by atoms with Gasteiger partial charge in [-0.3, -0.25) is 0 Å². The fourth-order valence-corrected chi connectivity index (χ4v) is 6.88. The van der Waals surface area contributed by atoms with Crippen LogP contribution >= 0.6 is 57.7 Å². The molecule has 0 unspecified atom stereocenters. The Balaban J connectivity index is 3.15. The van der Waals surface area contributed by atoms with Gasteiger partial charge < -0.3 is 0 Å². The zero-order valence-electron chi connectivity index (χ0n) is 4.90. The van der Waals surface area contributed by atoms with E-state index in [-0.39, 0.29) is 0 Å². The SMILES string of the molecule is C/C=C\CI(I)NOI. The average molecular weight is 467 g/mol. The quantitative estimate of drug-likeness (QED) is 0.226. The van der Waals surface area contributed by atoms with Crippen molar-refractivity contribution in [2.75, 3.05) is 4.43 Å². The molecule has 0 fully saturated rings. The first-order chi connectivity index (χ1) is 4.31. The van der Waals surface area contributed by atoms with E-state index in [1.165, 1.54) is 0 Å². The van der Waals surface area contributed by atoms with E-state index in [9.17, 15) is 0 Å². The molecule has 0 heterocycles. The second kappa shape index (κ2) is 7.95. The molecule has 0 aromatic rings. The summed E-state index contributed by atoms with van der Waals surface area (Å²) in [5, 5.41) is 0. The minimum absolute atomic E-state index is 0.968. The van der Waals surface area contributed by atoms with Crippen LogP contribution in [0.5, 0.6) is 0 Å². The van der Waals surface area contributed by atoms with Gasteiger partial charge in [-0.1, -0.05) is 0 Å². The van der Waals surface area contributed by atoms with Crippen molar-refractivity contribution in [3.8, 4) is 0 Å². The fraction of sp³-hybridized carbons (Fsp3) is 0.500. The van der Waals surface area contributed by atoms with Crippen LogP contribution in [-0.4, -0.2) is 4.43 Å². The van der Waals surface area contributed by atoms with Gasteiger partial charge in [-0.15, -0.1) is 0 Å². The summed E-state index contributed by atoms with van der Waals surface area (Å²) < 4.78 is 8.86. The summed E-state index contributed by atoms with van der Waals surface area (Å²) in [4.78, 5) is 0. The Hall–Kier alpha value is 1.85. The molecular weight excluding hydrogens is 459 g/mol. The molecule has 0 aromatic heterocycles. The summed E-state index contributed by atoms with van der Waals surface area (Å²) in [6.07, 6.45) is 4.23. The molecule has 0 aromatic carbocycles. The van der Waals surface area contributed by atoms with Gasteiger partial charge in [0, 0.05) is 0 Å². The first-order valence-electron chi connectivity index (χ1n) is 2.28. The molecule has 0 atom stereocenters. The van der Waals surface area contributed by atoms with Gasteiger partial charge in [0.1, 0.15) is 0 Å². The van der Waals surface area contributed by atoms with E-state index in [2.05, 4.69) is 34.5 Å². The van der Waals surface area contributed by atoms with Crippen molar-refractivity contribution in [2.45, 2.75) is 6.92 Å². The molecule has 5 heteroatoms. The van der Waals surface area contributed by atoms with Crippen LogP contribution in [0.25, 0.3) is 0 Å². The molecule has 0 radical (unpaired) electrons. The number of rotatable bonds is 4. The van der Waals surface area contributed by atoms with Crippen LogP contribution in [-0.2, 0) is 3.17 Å². The molecule has 9 heavy (non-hydrogen) atoms. The van der Waals surface area contributed by atoms with Gasteiger partial charge >= 0.3 is 88.1 Å². The number of alkyl halides is 1. The van der Waals surface area contributed by atoms with Crippen LogP contribution in [0.15, 0.2) is 12.2 Å². The third-order valence-electron chi connectivity index (χ3n) is 0.573. The first-order valence-corrected chi connectivity index (χ1v) is 12.0. The molecule has 0 aliphatic heterocycles. The first kappa shape index (κ1) is 10.8. The van der Waals surface area contributed by atoms with Crippen molar-refractivity contribution in [1.29, 1.82) is 0 Å². The third kappa shape index (κ3) is 7.75. The zero-order valence-corrected chi connectivity index (χ0v) is 11.4. The molecule has 0 saturated heterocycles. The van der Waals surface area contributed by atoms with Crippen molar-refractivity contribution in [2.24, 2.45) is 0 Å². The Bertz CT molecular complexity index is 87.9. The molecule has 0 amide bonds. The molecule has 56 valence electrons. The van der Waals surface area contributed by atoms with Crippen LogP contribution in [0.1, 0.15) is 6.92 Å². The Morgan fingerprint density at radius 3 is 2.89 bits per heavy atom. The van der Waals surface area contributed by atoms with Crippen LogP contribution in [0.3, 0.4) is 0 Å². The Morgan fingerprint density at radius 2 is 2.44 bits per heavy atom. The molecule has 0 bridgehead atoms. The summed E-state index contributed by atoms with van der Waals surface area (Å²) in [7, 11) is 0. The van der Waals surface area contributed by atoms with Crippen molar-refractivity contribution in [1.82, 2.24) is 3.69 Å². The second-order valence-electron chi connectivity index (χ2n) is 1.18. The van der Waals surface area contributed by atoms with Gasteiger partial charge in [0.25, 0.3) is 0 Å². The number of halogens is 3. The van der Waals surface area contributed by atoms with Crippen LogP contribution in [0.2, 0.25) is 0 Å². The molecular formula is C4H8I3NO. The van der Waals surface area contributed by atoms with E-state index in [4.69, 9.17) is 3.17 Å². The Labute approximate surface area is 86.7 Å². The van der Waals surface area contributed by atoms with Gasteiger partial charge in [0.15, 0.2) is 0 Å². The molecule has 0 aliphatic rings. The summed E-state index contributed by atoms with van der Waals surface area (Å²) in [6.45, 7) is 2.03. The van der Waals surface area contributed by atoms with Gasteiger partial charge in [-0.05, 0) is 0 Å². The molecule has 2 nitrogen and oxygen atoms in total. The van der Waals surface area contributed by atoms with Gasteiger partial charge in [0.05, 0.1) is 0 Å². The maximum absolute atomic E-state index is 4.75. The van der Waals surface area contributed by atoms with Gasteiger partial charge in [-0.2, -0.15) is 0 Å². The van der Waals surface area contributed by atoms with E-state index in [1.54, 1.807) is 0 Å². The molecule has 0 aliphatic carbocycles. The summed E-state index contributed by atoms with van der Waals surface area (Å²) in [5.74, 6) is 0. The zero-order chi connectivity index (χ0) is 7.11. The number of nitrogens with one attached hydrogen (secondary N) is 1. The minimum atomic E-state index is -0.968. The van der Waals surface area contributed by atoms with E-state index in [0.29, 0.717) is 0 Å². The van der Waals surface area contributed by atoms with Gasteiger partial charge in [0.2, 0.25) is 0 Å². The summed E-state index contributed by atoms with van der Waals surface area (Å²) >= 11 is 3.31. The molecule has 0 saturated carbocycles. The third-order valence-corrected chi connectivity index (χ3v) is 6.97. The predicted octanol–water partition coefficient (Wildman–Crippen LogP) is 3.21. The predicted molar refractivity (Wildman–Crippen MR) is 66.0 cm³/mol. The molecule has 1 N–H and O–H groups in total. The van der Waals surface area contributed by atoms with Gasteiger partial charge in [-0.25, -0.2) is 0 Å². The summed E-state index contributed by atoms with van der Waals surface area (Å²) in [6, 6.07) is 0. The van der Waals surface area contributed by atoms with Crippen LogP contribution in [0, 0.1) is 0 Å². The van der Waals surface area contributed by atoms with Crippen molar-refractivity contribution < 1.29 is 3.17 Å². The number of allylic oxidation sites excluding steroid dienone is 2. The van der Waals surface area contributed by atoms with Crippen LogP contribution < -0.4 is 3.69 Å². The van der Waals surface area contributed by atoms with E-state index >= 15 is 0 Å². The maximum atomic E-state index is 4.75. The molecule has 0 spiro atoms. The normalized spacial score (nSPS) is 12.6. The van der Waals surface area contributed by atoms with E-state index in [1.807, 2.05) is 29.9 Å². The standard InChI is InChI=1S/C4H8I3NO/c1-2-3-4-7(5)8-9-6/h2-3,8H,4H2,1H3/b3-2-. The second-order valence-corrected chi connectivity index (χ2v) is 11.3. The monoisotopic (exact) mass is 467 g/mol. The Morgan fingerprint density at radius 1 is 1.78 bits per heavy atom. The fourth-order valence-electron chi connectivity index (χ4n) is 0.230. The van der Waals surface area contributed by atoms with Crippen molar-refractivity contribution in [3.05, 3.63) is 12.2 Å². The van der Waals surface area contributed by atoms with Crippen LogP contribution in [0.4, 0.5) is 0 Å². The topological polar surface area (TPSA) is 21.3 Å². The van der Waals surface area contributed by atoms with E-state index in [0.717, 1.165) is 4.43 Å².